The van der Waals surface area contributed by atoms with Gasteiger partial charge in [0.25, 0.3) is 0 Å². The Hall–Kier alpha value is -1.59. The van der Waals surface area contributed by atoms with E-state index in [0.29, 0.717) is 12.8 Å². The predicted octanol–water partition coefficient (Wildman–Crippen LogP) is 0.908. The number of aliphatic carboxylic acids is 1. The largest absolute Gasteiger partial charge is 0.480 e. The molecule has 0 aromatic rings. The van der Waals surface area contributed by atoms with Gasteiger partial charge in [-0.3, -0.25) is 9.59 Å². The molecule has 0 aromatic carbocycles. The van der Waals surface area contributed by atoms with Crippen LogP contribution in [0.1, 0.15) is 47.0 Å². The van der Waals surface area contributed by atoms with Gasteiger partial charge in [-0.2, -0.15) is 0 Å². The summed E-state index contributed by atoms with van der Waals surface area (Å²) in [7, 11) is 0. The van der Waals surface area contributed by atoms with E-state index in [9.17, 15) is 14.4 Å². The SMILES string of the molecule is CCCC(NC(=O)CCNC(=O)C(C)(C)C)C(=O)O. The zero-order chi connectivity index (χ0) is 15.1. The van der Waals surface area contributed by atoms with Gasteiger partial charge in [0.05, 0.1) is 0 Å². The highest BCUT2D eigenvalue weighted by molar-refractivity contribution is 5.84. The van der Waals surface area contributed by atoms with Gasteiger partial charge in [0, 0.05) is 18.4 Å². The van der Waals surface area contributed by atoms with E-state index < -0.39 is 17.4 Å². The lowest BCUT2D eigenvalue weighted by atomic mass is 9.96. The van der Waals surface area contributed by atoms with Crippen LogP contribution in [0.3, 0.4) is 0 Å². The van der Waals surface area contributed by atoms with Crippen LogP contribution in [0.2, 0.25) is 0 Å². The fraction of sp³-hybridized carbons (Fsp3) is 0.769. The van der Waals surface area contributed by atoms with Gasteiger partial charge in [-0.1, -0.05) is 34.1 Å². The molecule has 6 nitrogen and oxygen atoms in total. The lowest BCUT2D eigenvalue weighted by Crippen LogP contribution is -2.42. The molecular weight excluding hydrogens is 248 g/mol. The second kappa shape index (κ2) is 7.76. The van der Waals surface area contributed by atoms with Crippen LogP contribution in [0, 0.1) is 5.41 Å². The third kappa shape index (κ3) is 7.43. The zero-order valence-corrected chi connectivity index (χ0v) is 12.1. The quantitative estimate of drug-likeness (QED) is 0.642. The smallest absolute Gasteiger partial charge is 0.326 e. The van der Waals surface area contributed by atoms with Crippen LogP contribution in [0.25, 0.3) is 0 Å². The van der Waals surface area contributed by atoms with E-state index >= 15 is 0 Å². The molecule has 0 aromatic heterocycles. The number of amides is 2. The Morgan fingerprint density at radius 1 is 1.21 bits per heavy atom. The van der Waals surface area contributed by atoms with Gasteiger partial charge in [-0.15, -0.1) is 0 Å². The molecule has 2 amide bonds. The molecule has 6 heteroatoms. The van der Waals surface area contributed by atoms with Crippen molar-refractivity contribution in [1.82, 2.24) is 10.6 Å². The Labute approximate surface area is 113 Å². The van der Waals surface area contributed by atoms with Crippen molar-refractivity contribution in [3.63, 3.8) is 0 Å². The summed E-state index contributed by atoms with van der Waals surface area (Å²) >= 11 is 0. The summed E-state index contributed by atoms with van der Waals surface area (Å²) in [5, 5.41) is 14.0. The predicted molar refractivity (Wildman–Crippen MR) is 71.6 cm³/mol. The molecule has 0 bridgehead atoms. The van der Waals surface area contributed by atoms with Gasteiger partial charge in [-0.05, 0) is 6.42 Å². The third-order valence-corrected chi connectivity index (χ3v) is 2.53. The fourth-order valence-corrected chi connectivity index (χ4v) is 1.37. The number of nitrogens with one attached hydrogen (secondary N) is 2. The minimum absolute atomic E-state index is 0.0787. The van der Waals surface area contributed by atoms with Gasteiger partial charge in [0.1, 0.15) is 6.04 Å². The third-order valence-electron chi connectivity index (χ3n) is 2.53. The Bertz CT molecular complexity index is 334. The van der Waals surface area contributed by atoms with E-state index in [4.69, 9.17) is 5.11 Å². The number of carboxylic acid groups (broad SMARTS) is 1. The lowest BCUT2D eigenvalue weighted by molar-refractivity contribution is -0.142. The lowest BCUT2D eigenvalue weighted by Gasteiger charge is -2.18. The minimum Gasteiger partial charge on any atom is -0.480 e. The number of hydrogen-bond donors (Lipinski definition) is 3. The number of carbonyl (C=O) groups is 3. The van der Waals surface area contributed by atoms with Crippen molar-refractivity contribution in [2.45, 2.75) is 53.0 Å². The topological polar surface area (TPSA) is 95.5 Å². The van der Waals surface area contributed by atoms with Crippen LogP contribution in [0.4, 0.5) is 0 Å². The van der Waals surface area contributed by atoms with E-state index in [1.54, 1.807) is 20.8 Å². The Balaban J connectivity index is 4.05. The number of rotatable bonds is 7. The number of carbonyl (C=O) groups excluding carboxylic acids is 2. The maximum atomic E-state index is 11.5. The Morgan fingerprint density at radius 3 is 2.21 bits per heavy atom. The Morgan fingerprint density at radius 2 is 1.79 bits per heavy atom. The molecule has 19 heavy (non-hydrogen) atoms. The van der Waals surface area contributed by atoms with Crippen molar-refractivity contribution in [2.75, 3.05) is 6.54 Å². The van der Waals surface area contributed by atoms with Crippen LogP contribution in [0.15, 0.2) is 0 Å². The van der Waals surface area contributed by atoms with Crippen molar-refractivity contribution in [2.24, 2.45) is 5.41 Å². The summed E-state index contributed by atoms with van der Waals surface area (Å²) in [5.74, 6) is -1.53. The van der Waals surface area contributed by atoms with Crippen LogP contribution < -0.4 is 10.6 Å². The van der Waals surface area contributed by atoms with Crippen molar-refractivity contribution in [3.8, 4) is 0 Å². The molecule has 1 atom stereocenters. The fourth-order valence-electron chi connectivity index (χ4n) is 1.37. The first kappa shape index (κ1) is 17.4. The summed E-state index contributed by atoms with van der Waals surface area (Å²) in [5.41, 5.74) is -0.498. The summed E-state index contributed by atoms with van der Waals surface area (Å²) in [6, 6.07) is -0.851. The zero-order valence-electron chi connectivity index (χ0n) is 12.1. The van der Waals surface area contributed by atoms with Crippen molar-refractivity contribution in [1.29, 1.82) is 0 Å². The molecule has 0 saturated heterocycles. The molecule has 1 unspecified atom stereocenters. The van der Waals surface area contributed by atoms with E-state index in [2.05, 4.69) is 10.6 Å². The molecule has 0 aliphatic heterocycles. The van der Waals surface area contributed by atoms with Gasteiger partial charge >= 0.3 is 5.97 Å². The average molecular weight is 272 g/mol. The maximum Gasteiger partial charge on any atom is 0.326 e. The summed E-state index contributed by atoms with van der Waals surface area (Å²) < 4.78 is 0. The van der Waals surface area contributed by atoms with Gasteiger partial charge in [-0.25, -0.2) is 4.79 Å². The first-order valence-electron chi connectivity index (χ1n) is 6.49. The first-order chi connectivity index (χ1) is 8.68. The Kier molecular flexibility index (Phi) is 7.11. The highest BCUT2D eigenvalue weighted by Crippen LogP contribution is 2.12. The summed E-state index contributed by atoms with van der Waals surface area (Å²) in [6.45, 7) is 7.41. The molecule has 0 rings (SSSR count). The van der Waals surface area contributed by atoms with Gasteiger partial charge in [0.15, 0.2) is 0 Å². The highest BCUT2D eigenvalue weighted by Gasteiger charge is 2.21. The van der Waals surface area contributed by atoms with Crippen LogP contribution in [0.5, 0.6) is 0 Å². The van der Waals surface area contributed by atoms with Crippen molar-refractivity contribution >= 4 is 17.8 Å². The van der Waals surface area contributed by atoms with E-state index in [1.807, 2.05) is 6.92 Å². The normalized spacial score (nSPS) is 12.6. The molecule has 0 aliphatic carbocycles. The molecule has 0 fully saturated rings. The standard InChI is InChI=1S/C13H24N2O4/c1-5-6-9(11(17)18)15-10(16)7-8-14-12(19)13(2,3)4/h9H,5-8H2,1-4H3,(H,14,19)(H,15,16)(H,17,18). The average Bonchev–Trinajstić information content (AvgIpc) is 2.26. The molecule has 0 spiro atoms. The van der Waals surface area contributed by atoms with Crippen LogP contribution >= 0.6 is 0 Å². The van der Waals surface area contributed by atoms with Crippen molar-refractivity contribution in [3.05, 3.63) is 0 Å². The highest BCUT2D eigenvalue weighted by atomic mass is 16.4. The molecule has 110 valence electrons. The minimum atomic E-state index is -1.03. The van der Waals surface area contributed by atoms with E-state index in [0.717, 1.165) is 0 Å². The maximum absolute atomic E-state index is 11.5. The van der Waals surface area contributed by atoms with E-state index in [1.165, 1.54) is 0 Å². The molecule has 0 radical (unpaired) electrons. The molecule has 0 aliphatic rings. The monoisotopic (exact) mass is 272 g/mol. The second-order valence-corrected chi connectivity index (χ2v) is 5.50. The summed E-state index contributed by atoms with van der Waals surface area (Å²) in [6.07, 6.45) is 1.16. The van der Waals surface area contributed by atoms with E-state index in [-0.39, 0.29) is 24.8 Å². The van der Waals surface area contributed by atoms with Gasteiger partial charge in [0.2, 0.25) is 11.8 Å². The van der Waals surface area contributed by atoms with Crippen LogP contribution in [-0.2, 0) is 14.4 Å². The number of carboxylic acids is 1. The van der Waals surface area contributed by atoms with Crippen molar-refractivity contribution < 1.29 is 19.5 Å². The molecule has 0 saturated carbocycles. The molecule has 0 heterocycles. The first-order valence-corrected chi connectivity index (χ1v) is 6.49. The van der Waals surface area contributed by atoms with Gasteiger partial charge < -0.3 is 15.7 Å². The van der Waals surface area contributed by atoms with Crippen LogP contribution in [-0.4, -0.2) is 35.5 Å². The second-order valence-electron chi connectivity index (χ2n) is 5.50. The molecular formula is C13H24N2O4. The number of hydrogen-bond acceptors (Lipinski definition) is 3. The molecule has 3 N–H and O–H groups in total. The summed E-state index contributed by atoms with van der Waals surface area (Å²) in [4.78, 5) is 33.9.